The molecule has 0 aliphatic carbocycles. The fourth-order valence-corrected chi connectivity index (χ4v) is 4.00. The largest absolute Gasteiger partial charge is 0.354 e. The van der Waals surface area contributed by atoms with Crippen molar-refractivity contribution in [3.05, 3.63) is 68.7 Å². The molecule has 3 N–H and O–H groups in total. The van der Waals surface area contributed by atoms with Crippen LogP contribution in [0.25, 0.3) is 0 Å². The number of aromatic nitrogens is 3. The maximum Gasteiger partial charge on any atom is 0.168 e. The van der Waals surface area contributed by atoms with Crippen LogP contribution >= 0.6 is 23.2 Å². The summed E-state index contributed by atoms with van der Waals surface area (Å²) in [6.45, 7) is 3.02. The number of hydrogen-bond donors (Lipinski definition) is 3. The van der Waals surface area contributed by atoms with Gasteiger partial charge in [-0.1, -0.05) is 29.3 Å². The number of halogens is 4. The molecular weight excluding hydrogens is 443 g/mol. The third kappa shape index (κ3) is 4.52. The standard InChI is InChI=1S/C18H17Cl2F2N5OS/c1-8-13(21)7-14(22)16(24-8)26-15(10-4-5-11(19)12(20)6-10)17-25-9(2)18(27-17)29(3,23)28/h4-7,15,23H,1-3H3,(H,24,26)(H,25,27). The fourth-order valence-electron chi connectivity index (χ4n) is 2.78. The van der Waals surface area contributed by atoms with Gasteiger partial charge in [0.15, 0.2) is 11.6 Å². The molecule has 0 amide bonds. The Hall–Kier alpha value is -2.23. The molecule has 0 aliphatic rings. The molecule has 3 aromatic rings. The Kier molecular flexibility index (Phi) is 5.84. The molecule has 6 nitrogen and oxygen atoms in total. The minimum atomic E-state index is -3.07. The molecule has 0 fully saturated rings. The van der Waals surface area contributed by atoms with Crippen LogP contribution in [0.3, 0.4) is 0 Å². The van der Waals surface area contributed by atoms with E-state index in [0.29, 0.717) is 16.3 Å². The maximum absolute atomic E-state index is 14.3. The Morgan fingerprint density at radius 2 is 1.79 bits per heavy atom. The van der Waals surface area contributed by atoms with Crippen molar-refractivity contribution in [3.63, 3.8) is 0 Å². The van der Waals surface area contributed by atoms with Crippen molar-refractivity contribution < 1.29 is 13.0 Å². The zero-order chi connectivity index (χ0) is 21.5. The molecule has 0 bridgehead atoms. The number of H-pyrrole nitrogens is 1. The van der Waals surface area contributed by atoms with Gasteiger partial charge >= 0.3 is 0 Å². The van der Waals surface area contributed by atoms with Gasteiger partial charge in [-0.05, 0) is 31.5 Å². The lowest BCUT2D eigenvalue weighted by molar-refractivity contribution is 0.566. The van der Waals surface area contributed by atoms with Crippen molar-refractivity contribution in [2.75, 3.05) is 11.6 Å². The molecule has 29 heavy (non-hydrogen) atoms. The van der Waals surface area contributed by atoms with Gasteiger partial charge in [0.1, 0.15) is 22.7 Å². The molecule has 1 aromatic carbocycles. The number of rotatable bonds is 5. The van der Waals surface area contributed by atoms with Gasteiger partial charge in [-0.15, -0.1) is 0 Å². The van der Waals surface area contributed by atoms with Crippen molar-refractivity contribution in [3.8, 4) is 0 Å². The SMILES string of the molecule is Cc1nc(NC(c2ccc(Cl)c(Cl)c2)c2nc(C)c(S(C)(=N)=O)[nH]2)c(F)cc1F. The van der Waals surface area contributed by atoms with Gasteiger partial charge in [0.05, 0.1) is 31.2 Å². The maximum atomic E-state index is 14.3. The zero-order valence-corrected chi connectivity index (χ0v) is 17.9. The summed E-state index contributed by atoms with van der Waals surface area (Å²) in [4.78, 5) is 11.2. The molecule has 0 aliphatic heterocycles. The van der Waals surface area contributed by atoms with Gasteiger partial charge in [-0.25, -0.2) is 27.7 Å². The van der Waals surface area contributed by atoms with Crippen molar-refractivity contribution >= 4 is 38.7 Å². The summed E-state index contributed by atoms with van der Waals surface area (Å²) in [5, 5.41) is 3.64. The van der Waals surface area contributed by atoms with Gasteiger partial charge in [0.2, 0.25) is 0 Å². The van der Waals surface area contributed by atoms with E-state index in [0.717, 1.165) is 6.07 Å². The van der Waals surface area contributed by atoms with E-state index in [2.05, 4.69) is 20.3 Å². The molecule has 2 heterocycles. The first kappa shape index (κ1) is 21.5. The zero-order valence-electron chi connectivity index (χ0n) is 15.6. The number of aromatic amines is 1. The van der Waals surface area contributed by atoms with Crippen LogP contribution in [0.2, 0.25) is 10.0 Å². The summed E-state index contributed by atoms with van der Waals surface area (Å²) >= 11 is 12.1. The van der Waals surface area contributed by atoms with Crippen LogP contribution < -0.4 is 5.32 Å². The van der Waals surface area contributed by atoms with Gasteiger partial charge in [-0.3, -0.25) is 0 Å². The minimum Gasteiger partial charge on any atom is -0.354 e. The second-order valence-corrected chi connectivity index (χ2v) is 9.43. The molecule has 3 rings (SSSR count). The first-order valence-electron chi connectivity index (χ1n) is 8.31. The van der Waals surface area contributed by atoms with Crippen LogP contribution in [-0.4, -0.2) is 25.4 Å². The summed E-state index contributed by atoms with van der Waals surface area (Å²) in [7, 11) is -3.07. The molecule has 154 valence electrons. The summed E-state index contributed by atoms with van der Waals surface area (Å²) in [6.07, 6.45) is 1.27. The Morgan fingerprint density at radius 3 is 2.38 bits per heavy atom. The highest BCUT2D eigenvalue weighted by Gasteiger charge is 2.24. The number of benzene rings is 1. The number of hydrogen-bond acceptors (Lipinski definition) is 5. The van der Waals surface area contributed by atoms with Crippen molar-refractivity contribution in [1.82, 2.24) is 15.0 Å². The smallest absolute Gasteiger partial charge is 0.168 e. The van der Waals surface area contributed by atoms with Gasteiger partial charge in [-0.2, -0.15) is 0 Å². The van der Waals surface area contributed by atoms with Crippen LogP contribution in [0.15, 0.2) is 29.3 Å². The summed E-state index contributed by atoms with van der Waals surface area (Å²) in [5.41, 5.74) is 0.939. The molecule has 0 saturated carbocycles. The summed E-state index contributed by atoms with van der Waals surface area (Å²) in [6, 6.07) is 4.71. The number of aryl methyl sites for hydroxylation is 2. The van der Waals surface area contributed by atoms with Crippen molar-refractivity contribution in [2.45, 2.75) is 24.9 Å². The Balaban J connectivity index is 2.15. The van der Waals surface area contributed by atoms with Crippen LogP contribution in [-0.2, 0) is 9.73 Å². The van der Waals surface area contributed by atoms with E-state index in [1.807, 2.05) is 0 Å². The van der Waals surface area contributed by atoms with E-state index >= 15 is 0 Å². The highest BCUT2D eigenvalue weighted by Crippen LogP contribution is 2.32. The van der Waals surface area contributed by atoms with Crippen LogP contribution in [0.4, 0.5) is 14.6 Å². The van der Waals surface area contributed by atoms with E-state index in [-0.39, 0.29) is 27.4 Å². The lowest BCUT2D eigenvalue weighted by atomic mass is 10.1. The highest BCUT2D eigenvalue weighted by molar-refractivity contribution is 7.91. The minimum absolute atomic E-state index is 0.0147. The fraction of sp³-hybridized carbons (Fsp3) is 0.222. The van der Waals surface area contributed by atoms with E-state index in [4.69, 9.17) is 28.0 Å². The average molecular weight is 460 g/mol. The second kappa shape index (κ2) is 7.89. The third-order valence-corrected chi connectivity index (χ3v) is 6.10. The number of anilines is 1. The topological polar surface area (TPSA) is 94.5 Å². The normalized spacial score (nSPS) is 14.4. The van der Waals surface area contributed by atoms with E-state index in [1.165, 1.54) is 13.2 Å². The van der Waals surface area contributed by atoms with Gasteiger partial charge in [0, 0.05) is 12.3 Å². The molecule has 0 spiro atoms. The van der Waals surface area contributed by atoms with Crippen LogP contribution in [0.1, 0.15) is 28.8 Å². The lowest BCUT2D eigenvalue weighted by Crippen LogP contribution is -2.17. The van der Waals surface area contributed by atoms with Crippen molar-refractivity contribution in [2.24, 2.45) is 0 Å². The highest BCUT2D eigenvalue weighted by atomic mass is 35.5. The molecule has 2 unspecified atom stereocenters. The van der Waals surface area contributed by atoms with Gasteiger partial charge in [0.25, 0.3) is 0 Å². The number of pyridine rings is 1. The molecular formula is C18H17Cl2F2N5OS. The van der Waals surface area contributed by atoms with Crippen molar-refractivity contribution in [1.29, 1.82) is 4.78 Å². The number of imidazole rings is 1. The number of nitrogens with zero attached hydrogens (tertiary/aromatic N) is 2. The van der Waals surface area contributed by atoms with E-state index < -0.39 is 27.4 Å². The summed E-state index contributed by atoms with van der Waals surface area (Å²) < 4.78 is 47.9. The first-order chi connectivity index (χ1) is 13.5. The average Bonchev–Trinajstić information content (AvgIpc) is 3.01. The Labute approximate surface area is 176 Å². The quantitative estimate of drug-likeness (QED) is 0.485. The predicted molar refractivity (Wildman–Crippen MR) is 109 cm³/mol. The van der Waals surface area contributed by atoms with Gasteiger partial charge < -0.3 is 10.3 Å². The number of nitrogens with one attached hydrogen (secondary N) is 3. The van der Waals surface area contributed by atoms with E-state index in [9.17, 15) is 13.0 Å². The Bertz CT molecular complexity index is 1200. The molecule has 2 atom stereocenters. The summed E-state index contributed by atoms with van der Waals surface area (Å²) in [5.74, 6) is -1.59. The molecule has 11 heteroatoms. The van der Waals surface area contributed by atoms with Crippen LogP contribution in [0, 0.1) is 30.3 Å². The molecule has 0 saturated heterocycles. The third-order valence-electron chi connectivity index (χ3n) is 4.18. The first-order valence-corrected chi connectivity index (χ1v) is 11.0. The predicted octanol–water partition coefficient (Wildman–Crippen LogP) is 5.24. The second-order valence-electron chi connectivity index (χ2n) is 6.52. The van der Waals surface area contributed by atoms with E-state index in [1.54, 1.807) is 25.1 Å². The molecule has 0 radical (unpaired) electrons. The monoisotopic (exact) mass is 459 g/mol. The molecule has 2 aromatic heterocycles. The van der Waals surface area contributed by atoms with Crippen LogP contribution in [0.5, 0.6) is 0 Å². The lowest BCUT2D eigenvalue weighted by Gasteiger charge is -2.19. The Morgan fingerprint density at radius 1 is 1.10 bits per heavy atom.